The number of hydrogen-bond donors (Lipinski definition) is 0. The Bertz CT molecular complexity index is 1270. The van der Waals surface area contributed by atoms with Crippen LogP contribution in [0.15, 0.2) is 72.6 Å². The van der Waals surface area contributed by atoms with Gasteiger partial charge in [0.05, 0.1) is 33.4 Å². The summed E-state index contributed by atoms with van der Waals surface area (Å²) in [5.74, 6) is -0.491. The van der Waals surface area contributed by atoms with Gasteiger partial charge in [0, 0.05) is 17.2 Å². The lowest BCUT2D eigenvalue weighted by molar-refractivity contribution is -0.378. The Kier molecular flexibility index (Phi) is 7.53. The van der Waals surface area contributed by atoms with Crippen LogP contribution in [0.4, 0.5) is 0 Å². The molecule has 36 heavy (non-hydrogen) atoms. The van der Waals surface area contributed by atoms with Gasteiger partial charge in [-0.3, -0.25) is 9.59 Å². The number of likely N-dealkylation sites (tertiary alicyclic amines) is 1. The molecule has 1 fully saturated rings. The third kappa shape index (κ3) is 4.88. The van der Waals surface area contributed by atoms with E-state index in [0.717, 1.165) is 12.0 Å². The zero-order valence-electron chi connectivity index (χ0n) is 20.4. The molecule has 1 aromatic heterocycles. The van der Waals surface area contributed by atoms with Crippen LogP contribution in [0.25, 0.3) is 5.76 Å². The summed E-state index contributed by atoms with van der Waals surface area (Å²) in [6.45, 7) is 2.71. The molecular weight excluding hydrogens is 460 g/mol. The van der Waals surface area contributed by atoms with Crippen molar-refractivity contribution in [2.75, 3.05) is 20.8 Å². The van der Waals surface area contributed by atoms with Crippen molar-refractivity contribution >= 4 is 17.4 Å². The standard InChI is InChI=1S/C28H28N2O6/c1-4-14-36-21-10-7-19(8-11-21)26(31)24-25(20-9-12-22(34-2)23(15-20)35-3)30(28(33)27(24)32)17-18-6-5-13-29-16-18/h5-13,15-16,25,31H,4,14,17H2,1-3H3/b26-24+. The number of aromatic amines is 1. The van der Waals surface area contributed by atoms with E-state index in [1.165, 1.54) is 19.1 Å². The molecule has 2 aromatic carbocycles. The number of carbonyl (C=O) groups is 2. The van der Waals surface area contributed by atoms with E-state index in [9.17, 15) is 14.7 Å². The molecule has 3 aromatic rings. The molecule has 0 aliphatic carbocycles. The summed E-state index contributed by atoms with van der Waals surface area (Å²) >= 11 is 0. The molecule has 4 rings (SSSR count). The van der Waals surface area contributed by atoms with Gasteiger partial charge in [0.2, 0.25) is 5.78 Å². The molecule has 8 nitrogen and oxygen atoms in total. The highest BCUT2D eigenvalue weighted by Crippen LogP contribution is 2.42. The molecule has 1 amide bonds. The first-order valence-electron chi connectivity index (χ1n) is 11.6. The molecule has 1 N–H and O–H groups in total. The highest BCUT2D eigenvalue weighted by Gasteiger charge is 2.44. The lowest BCUT2D eigenvalue weighted by Gasteiger charge is -2.27. The van der Waals surface area contributed by atoms with Crippen LogP contribution in [0.3, 0.4) is 0 Å². The van der Waals surface area contributed by atoms with Crippen molar-refractivity contribution in [2.45, 2.75) is 25.9 Å². The largest absolute Gasteiger partial charge is 0.872 e. The first-order chi connectivity index (χ1) is 17.5. The van der Waals surface area contributed by atoms with Crippen molar-refractivity contribution in [2.24, 2.45) is 0 Å². The summed E-state index contributed by atoms with van der Waals surface area (Å²) in [6.07, 6.45) is 4.36. The average Bonchev–Trinajstić information content (AvgIpc) is 3.16. The summed E-state index contributed by atoms with van der Waals surface area (Å²) in [5.41, 5.74) is 1.55. The van der Waals surface area contributed by atoms with Gasteiger partial charge in [0.15, 0.2) is 23.9 Å². The van der Waals surface area contributed by atoms with Crippen molar-refractivity contribution in [3.8, 4) is 17.2 Å². The molecule has 1 aliphatic rings. The summed E-state index contributed by atoms with van der Waals surface area (Å²) in [5, 5.41) is 13.6. The molecule has 1 aliphatic heterocycles. The summed E-state index contributed by atoms with van der Waals surface area (Å²) < 4.78 is 16.4. The van der Waals surface area contributed by atoms with E-state index in [4.69, 9.17) is 14.2 Å². The minimum Gasteiger partial charge on any atom is -0.872 e. The zero-order valence-corrected chi connectivity index (χ0v) is 20.4. The van der Waals surface area contributed by atoms with E-state index >= 15 is 0 Å². The Hall–Kier alpha value is -4.33. The van der Waals surface area contributed by atoms with E-state index < -0.39 is 23.5 Å². The number of hydrogen-bond acceptors (Lipinski definition) is 6. The number of aromatic nitrogens is 1. The number of rotatable bonds is 9. The number of H-pyrrole nitrogens is 1. The maximum Gasteiger partial charge on any atom is 0.295 e. The van der Waals surface area contributed by atoms with Crippen molar-refractivity contribution in [1.82, 2.24) is 4.90 Å². The predicted octanol–water partition coefficient (Wildman–Crippen LogP) is 2.73. The van der Waals surface area contributed by atoms with Gasteiger partial charge in [-0.05, 0) is 47.9 Å². The van der Waals surface area contributed by atoms with Crippen LogP contribution in [-0.4, -0.2) is 37.4 Å². The quantitative estimate of drug-likeness (QED) is 0.261. The van der Waals surface area contributed by atoms with E-state index in [-0.39, 0.29) is 12.1 Å². The van der Waals surface area contributed by atoms with Crippen molar-refractivity contribution < 1.29 is 33.9 Å². The number of nitrogens with zero attached hydrogens (tertiary/aromatic N) is 1. The van der Waals surface area contributed by atoms with Crippen LogP contribution < -0.4 is 24.3 Å². The molecule has 1 unspecified atom stereocenters. The second-order valence-corrected chi connectivity index (χ2v) is 8.31. The molecule has 186 valence electrons. The highest BCUT2D eigenvalue weighted by molar-refractivity contribution is 6.46. The number of pyridine rings is 1. The normalized spacial score (nSPS) is 16.8. The molecule has 1 saturated heterocycles. The fraction of sp³-hybridized carbons (Fsp3) is 0.250. The van der Waals surface area contributed by atoms with Gasteiger partial charge in [0.1, 0.15) is 5.75 Å². The molecule has 0 radical (unpaired) electrons. The van der Waals surface area contributed by atoms with Crippen LogP contribution in [0, 0.1) is 0 Å². The molecule has 1 atom stereocenters. The number of nitrogens with one attached hydrogen (secondary N) is 1. The Morgan fingerprint density at radius 1 is 1.03 bits per heavy atom. The number of carbonyl (C=O) groups excluding carboxylic acids is 2. The monoisotopic (exact) mass is 488 g/mol. The Morgan fingerprint density at radius 2 is 1.78 bits per heavy atom. The predicted molar refractivity (Wildman–Crippen MR) is 130 cm³/mol. The molecular formula is C28H28N2O6. The smallest absolute Gasteiger partial charge is 0.295 e. The van der Waals surface area contributed by atoms with Gasteiger partial charge in [-0.2, -0.15) is 0 Å². The van der Waals surface area contributed by atoms with Gasteiger partial charge < -0.3 is 24.2 Å². The number of benzene rings is 2. The van der Waals surface area contributed by atoms with Crippen LogP contribution in [0.2, 0.25) is 0 Å². The van der Waals surface area contributed by atoms with Crippen LogP contribution in [-0.2, 0) is 16.1 Å². The van der Waals surface area contributed by atoms with Gasteiger partial charge in [-0.1, -0.05) is 30.9 Å². The van der Waals surface area contributed by atoms with Crippen molar-refractivity contribution in [1.29, 1.82) is 0 Å². The van der Waals surface area contributed by atoms with Gasteiger partial charge in [-0.15, -0.1) is 0 Å². The minimum atomic E-state index is -0.895. The number of amides is 1. The van der Waals surface area contributed by atoms with Gasteiger partial charge in [-0.25, -0.2) is 4.98 Å². The lowest BCUT2D eigenvalue weighted by Crippen LogP contribution is -2.29. The fourth-order valence-corrected chi connectivity index (χ4v) is 4.21. The maximum absolute atomic E-state index is 13.6. The average molecular weight is 489 g/mol. The zero-order chi connectivity index (χ0) is 25.7. The van der Waals surface area contributed by atoms with E-state index in [1.54, 1.807) is 60.9 Å². The Balaban J connectivity index is 1.82. The number of ketones is 1. The number of methoxy groups -OCH3 is 2. The SMILES string of the molecule is CCCOc1ccc(/C([O-])=C2\C(=O)C(=O)N(Cc3ccc[nH+]c3)C2c2ccc(OC)c(OC)c2)cc1. The highest BCUT2D eigenvalue weighted by atomic mass is 16.5. The topological polar surface area (TPSA) is 102 Å². The Labute approximate surface area is 209 Å². The second-order valence-electron chi connectivity index (χ2n) is 8.31. The maximum atomic E-state index is 13.6. The van der Waals surface area contributed by atoms with Crippen LogP contribution in [0.5, 0.6) is 17.2 Å². The van der Waals surface area contributed by atoms with Crippen LogP contribution >= 0.6 is 0 Å². The second kappa shape index (κ2) is 10.9. The van der Waals surface area contributed by atoms with E-state index in [1.807, 2.05) is 13.0 Å². The van der Waals surface area contributed by atoms with Crippen molar-refractivity contribution in [3.63, 3.8) is 0 Å². The lowest BCUT2D eigenvalue weighted by atomic mass is 9.94. The minimum absolute atomic E-state index is 0.102. The Morgan fingerprint density at radius 3 is 2.42 bits per heavy atom. The summed E-state index contributed by atoms with van der Waals surface area (Å²) in [4.78, 5) is 30.9. The molecule has 2 heterocycles. The number of Topliss-reactive ketones (excluding diaryl/α,β-unsaturated/α-hetero) is 1. The van der Waals surface area contributed by atoms with Gasteiger partial charge in [0.25, 0.3) is 5.91 Å². The van der Waals surface area contributed by atoms with Crippen LogP contribution in [0.1, 0.15) is 36.1 Å². The summed E-state index contributed by atoms with van der Waals surface area (Å²) in [6, 6.07) is 14.5. The summed E-state index contributed by atoms with van der Waals surface area (Å²) in [7, 11) is 3.02. The molecule has 8 heteroatoms. The van der Waals surface area contributed by atoms with Gasteiger partial charge >= 0.3 is 0 Å². The molecule has 0 saturated carbocycles. The van der Waals surface area contributed by atoms with E-state index in [2.05, 4.69) is 4.98 Å². The first kappa shape index (κ1) is 24.8. The van der Waals surface area contributed by atoms with Crippen molar-refractivity contribution in [3.05, 3.63) is 89.3 Å². The van der Waals surface area contributed by atoms with E-state index in [0.29, 0.717) is 35.0 Å². The fourth-order valence-electron chi connectivity index (χ4n) is 4.21. The third-order valence-corrected chi connectivity index (χ3v) is 5.97. The first-order valence-corrected chi connectivity index (χ1v) is 11.6. The molecule has 0 spiro atoms. The third-order valence-electron chi connectivity index (χ3n) is 5.97. The number of ether oxygens (including phenoxy) is 3. The molecule has 0 bridgehead atoms.